The predicted molar refractivity (Wildman–Crippen MR) is 126 cm³/mol. The summed E-state index contributed by atoms with van der Waals surface area (Å²) < 4.78 is 0. The molecule has 0 saturated heterocycles. The lowest BCUT2D eigenvalue weighted by Crippen LogP contribution is -2.32. The van der Waals surface area contributed by atoms with Gasteiger partial charge in [0.25, 0.3) is 0 Å². The van der Waals surface area contributed by atoms with Gasteiger partial charge >= 0.3 is 0 Å². The minimum atomic E-state index is -1.97. The minimum absolute atomic E-state index is 0.0129. The van der Waals surface area contributed by atoms with E-state index in [0.29, 0.717) is 5.02 Å². The van der Waals surface area contributed by atoms with E-state index in [1.165, 1.54) is 15.9 Å². The van der Waals surface area contributed by atoms with Gasteiger partial charge < -0.3 is 5.11 Å². The van der Waals surface area contributed by atoms with Gasteiger partial charge in [0, 0.05) is 5.02 Å². The van der Waals surface area contributed by atoms with Crippen molar-refractivity contribution in [2.24, 2.45) is 0 Å². The number of aliphatic hydroxyl groups is 1. The quantitative estimate of drug-likeness (QED) is 0.420. The van der Waals surface area contributed by atoms with Crippen LogP contribution < -0.4 is 15.9 Å². The monoisotopic (exact) mass is 417 g/mol. The fourth-order valence-electron chi connectivity index (χ4n) is 3.94. The van der Waals surface area contributed by atoms with E-state index < -0.39 is 7.26 Å². The zero-order valence-corrected chi connectivity index (χ0v) is 17.7. The molecular formula is C26H23ClOP+. The van der Waals surface area contributed by atoms with E-state index in [1.807, 2.05) is 12.1 Å². The minimum Gasteiger partial charge on any atom is -0.392 e. The molecule has 0 bridgehead atoms. The molecule has 0 fully saturated rings. The van der Waals surface area contributed by atoms with Gasteiger partial charge in [-0.05, 0) is 65.7 Å². The maximum absolute atomic E-state index is 9.69. The van der Waals surface area contributed by atoms with E-state index in [4.69, 9.17) is 11.6 Å². The van der Waals surface area contributed by atoms with Gasteiger partial charge in [-0.1, -0.05) is 66.2 Å². The van der Waals surface area contributed by atoms with Crippen LogP contribution in [0.1, 0.15) is 11.1 Å². The van der Waals surface area contributed by atoms with Crippen LogP contribution in [-0.4, -0.2) is 5.11 Å². The van der Waals surface area contributed by atoms with Crippen molar-refractivity contribution in [3.05, 3.63) is 125 Å². The molecule has 1 nitrogen and oxygen atoms in total. The Balaban J connectivity index is 1.99. The average Bonchev–Trinajstić information content (AvgIpc) is 2.79. The molecule has 0 radical (unpaired) electrons. The van der Waals surface area contributed by atoms with Gasteiger partial charge in [0.2, 0.25) is 0 Å². The zero-order valence-electron chi connectivity index (χ0n) is 16.1. The third-order valence-electron chi connectivity index (χ3n) is 5.21. The SMILES string of the molecule is OCc1cc(Cl)cc(C[P+](c2ccccc2)(c2ccccc2)c2ccccc2)c1. The van der Waals surface area contributed by atoms with Crippen LogP contribution in [-0.2, 0) is 12.8 Å². The molecule has 0 heterocycles. The fraction of sp³-hybridized carbons (Fsp3) is 0.0769. The number of rotatable bonds is 6. The summed E-state index contributed by atoms with van der Waals surface area (Å²) in [5.41, 5.74) is 1.99. The van der Waals surface area contributed by atoms with E-state index in [9.17, 15) is 5.11 Å². The molecule has 0 atom stereocenters. The summed E-state index contributed by atoms with van der Waals surface area (Å²) in [6, 6.07) is 38.3. The van der Waals surface area contributed by atoms with Gasteiger partial charge in [-0.2, -0.15) is 0 Å². The Morgan fingerprint density at radius 1 is 0.586 bits per heavy atom. The second kappa shape index (κ2) is 8.93. The lowest BCUT2D eigenvalue weighted by atomic mass is 10.1. The summed E-state index contributed by atoms with van der Waals surface area (Å²) in [6.45, 7) is -0.0129. The van der Waals surface area contributed by atoms with Gasteiger partial charge in [0.1, 0.15) is 23.2 Å². The highest BCUT2D eigenvalue weighted by molar-refractivity contribution is 7.95. The summed E-state index contributed by atoms with van der Waals surface area (Å²) in [7, 11) is -1.97. The zero-order chi connectivity index (χ0) is 20.1. The Hall–Kier alpha value is -2.44. The highest BCUT2D eigenvalue weighted by Crippen LogP contribution is 2.58. The molecule has 29 heavy (non-hydrogen) atoms. The summed E-state index contributed by atoms with van der Waals surface area (Å²) in [4.78, 5) is 0. The molecule has 4 rings (SSSR count). The van der Waals surface area contributed by atoms with Crippen LogP contribution in [0, 0.1) is 0 Å². The van der Waals surface area contributed by atoms with E-state index in [1.54, 1.807) is 0 Å². The normalized spacial score (nSPS) is 11.4. The first-order valence-electron chi connectivity index (χ1n) is 9.66. The molecule has 144 valence electrons. The van der Waals surface area contributed by atoms with Crippen LogP contribution in [0.3, 0.4) is 0 Å². The molecule has 4 aromatic carbocycles. The predicted octanol–water partition coefficient (Wildman–Crippen LogP) is 5.33. The third-order valence-corrected chi connectivity index (χ3v) is 9.81. The van der Waals surface area contributed by atoms with Crippen molar-refractivity contribution in [3.8, 4) is 0 Å². The van der Waals surface area contributed by atoms with Crippen molar-refractivity contribution < 1.29 is 5.11 Å². The first-order valence-corrected chi connectivity index (χ1v) is 12.0. The highest BCUT2D eigenvalue weighted by Gasteiger charge is 2.45. The Morgan fingerprint density at radius 3 is 1.41 bits per heavy atom. The molecule has 0 saturated carbocycles. The Kier molecular flexibility index (Phi) is 6.11. The van der Waals surface area contributed by atoms with Crippen LogP contribution in [0.4, 0.5) is 0 Å². The molecule has 3 heteroatoms. The number of aliphatic hydroxyl groups excluding tert-OH is 1. The van der Waals surface area contributed by atoms with Crippen molar-refractivity contribution in [1.82, 2.24) is 0 Å². The van der Waals surface area contributed by atoms with Crippen LogP contribution >= 0.6 is 18.9 Å². The number of benzene rings is 4. The first-order chi connectivity index (χ1) is 14.2. The lowest BCUT2D eigenvalue weighted by molar-refractivity contribution is 0.282. The average molecular weight is 418 g/mol. The molecule has 0 unspecified atom stereocenters. The third kappa shape index (κ3) is 4.14. The van der Waals surface area contributed by atoms with Gasteiger partial charge in [-0.15, -0.1) is 0 Å². The van der Waals surface area contributed by atoms with Gasteiger partial charge in [0.15, 0.2) is 0 Å². The molecular weight excluding hydrogens is 395 g/mol. The van der Waals surface area contributed by atoms with Gasteiger partial charge in [-0.25, -0.2) is 0 Å². The summed E-state index contributed by atoms with van der Waals surface area (Å²) in [5.74, 6) is 0. The second-order valence-electron chi connectivity index (χ2n) is 7.10. The Morgan fingerprint density at radius 2 is 1.00 bits per heavy atom. The maximum atomic E-state index is 9.69. The highest BCUT2D eigenvalue weighted by atomic mass is 35.5. The van der Waals surface area contributed by atoms with Crippen molar-refractivity contribution >= 4 is 34.8 Å². The number of hydrogen-bond donors (Lipinski definition) is 1. The molecule has 0 spiro atoms. The standard InChI is InChI=1S/C26H23ClOP/c27-23-17-21(19-28)16-22(18-23)20-29(24-10-4-1-5-11-24,25-12-6-2-7-13-25)26-14-8-3-9-15-26/h1-18,28H,19-20H2/q+1. The molecule has 4 aromatic rings. The second-order valence-corrected chi connectivity index (χ2v) is 11.0. The van der Waals surface area contributed by atoms with E-state index >= 15 is 0 Å². The largest absolute Gasteiger partial charge is 0.392 e. The van der Waals surface area contributed by atoms with E-state index in [-0.39, 0.29) is 6.61 Å². The molecule has 0 amide bonds. The van der Waals surface area contributed by atoms with Gasteiger partial charge in [-0.3, -0.25) is 0 Å². The topological polar surface area (TPSA) is 20.2 Å². The summed E-state index contributed by atoms with van der Waals surface area (Å²) in [5, 5.41) is 14.4. The molecule has 0 aliphatic rings. The molecule has 0 aliphatic carbocycles. The van der Waals surface area contributed by atoms with Crippen molar-refractivity contribution in [2.75, 3.05) is 0 Å². The molecule has 0 aliphatic heterocycles. The van der Waals surface area contributed by atoms with Crippen LogP contribution in [0.5, 0.6) is 0 Å². The van der Waals surface area contributed by atoms with Crippen LogP contribution in [0.2, 0.25) is 5.02 Å². The Labute approximate surface area is 178 Å². The van der Waals surface area contributed by atoms with E-state index in [2.05, 4.69) is 97.1 Å². The Bertz CT molecular complexity index is 969. The van der Waals surface area contributed by atoms with Crippen LogP contribution in [0.15, 0.2) is 109 Å². The van der Waals surface area contributed by atoms with Gasteiger partial charge in [0.05, 0.1) is 12.8 Å². The summed E-state index contributed by atoms with van der Waals surface area (Å²) in [6.07, 6.45) is 0.846. The lowest BCUT2D eigenvalue weighted by Gasteiger charge is -2.28. The van der Waals surface area contributed by atoms with Crippen molar-refractivity contribution in [3.63, 3.8) is 0 Å². The number of halogens is 1. The molecule has 1 N–H and O–H groups in total. The first kappa shape index (κ1) is 19.9. The maximum Gasteiger partial charge on any atom is 0.116 e. The van der Waals surface area contributed by atoms with E-state index in [0.717, 1.165) is 17.3 Å². The fourth-order valence-corrected chi connectivity index (χ4v) is 8.44. The van der Waals surface area contributed by atoms with Crippen molar-refractivity contribution in [2.45, 2.75) is 12.8 Å². The van der Waals surface area contributed by atoms with Crippen LogP contribution in [0.25, 0.3) is 0 Å². The molecule has 0 aromatic heterocycles. The van der Waals surface area contributed by atoms with Crippen molar-refractivity contribution in [1.29, 1.82) is 0 Å². The smallest absolute Gasteiger partial charge is 0.116 e. The number of hydrogen-bond acceptors (Lipinski definition) is 1. The summed E-state index contributed by atoms with van der Waals surface area (Å²) >= 11 is 6.40.